The highest BCUT2D eigenvalue weighted by Crippen LogP contribution is 2.24. The van der Waals surface area contributed by atoms with Gasteiger partial charge in [-0.05, 0) is 66.9 Å². The van der Waals surface area contributed by atoms with Gasteiger partial charge in [-0.15, -0.1) is 12.4 Å². The lowest BCUT2D eigenvalue weighted by atomic mass is 10.0. The highest BCUT2D eigenvalue weighted by molar-refractivity contribution is 9.10. The van der Waals surface area contributed by atoms with Crippen LogP contribution in [0.2, 0.25) is 0 Å². The van der Waals surface area contributed by atoms with Crippen molar-refractivity contribution >= 4 is 38.4 Å². The van der Waals surface area contributed by atoms with E-state index in [9.17, 15) is 12.8 Å². The Kier molecular flexibility index (Phi) is 6.61. The van der Waals surface area contributed by atoms with Crippen molar-refractivity contribution in [2.75, 3.05) is 6.54 Å². The Morgan fingerprint density at radius 2 is 2.10 bits per heavy atom. The highest BCUT2D eigenvalue weighted by Gasteiger charge is 2.26. The Labute approximate surface area is 139 Å². The van der Waals surface area contributed by atoms with Crippen molar-refractivity contribution < 1.29 is 12.8 Å². The van der Waals surface area contributed by atoms with Crippen molar-refractivity contribution in [2.24, 2.45) is 0 Å². The number of benzene rings is 1. The summed E-state index contributed by atoms with van der Waals surface area (Å²) in [4.78, 5) is 0.122. The average Bonchev–Trinajstić information content (AvgIpc) is 2.33. The minimum absolute atomic E-state index is 0. The van der Waals surface area contributed by atoms with E-state index in [2.05, 4.69) is 26.0 Å². The first-order valence-electron chi connectivity index (χ1n) is 6.51. The van der Waals surface area contributed by atoms with Gasteiger partial charge in [0.2, 0.25) is 10.0 Å². The predicted molar refractivity (Wildman–Crippen MR) is 86.9 cm³/mol. The molecule has 1 heterocycles. The molecule has 0 aromatic heterocycles. The Morgan fingerprint density at radius 1 is 1.43 bits per heavy atom. The molecule has 2 rings (SSSR count). The molecule has 0 spiro atoms. The van der Waals surface area contributed by atoms with Gasteiger partial charge in [0, 0.05) is 12.1 Å². The van der Waals surface area contributed by atoms with E-state index in [4.69, 9.17) is 0 Å². The molecule has 120 valence electrons. The van der Waals surface area contributed by atoms with Gasteiger partial charge in [0.25, 0.3) is 0 Å². The number of aryl methyl sites for hydroxylation is 1. The van der Waals surface area contributed by atoms with Crippen molar-refractivity contribution in [3.8, 4) is 0 Å². The van der Waals surface area contributed by atoms with Crippen molar-refractivity contribution in [3.05, 3.63) is 28.0 Å². The van der Waals surface area contributed by atoms with Crippen LogP contribution < -0.4 is 10.0 Å². The summed E-state index contributed by atoms with van der Waals surface area (Å²) in [6, 6.07) is 2.75. The van der Waals surface area contributed by atoms with Crippen LogP contribution in [0, 0.1) is 12.7 Å². The maximum atomic E-state index is 13.4. The molecule has 1 aliphatic heterocycles. The van der Waals surface area contributed by atoms with Crippen LogP contribution in [0.3, 0.4) is 0 Å². The van der Waals surface area contributed by atoms with Crippen LogP contribution in [0.25, 0.3) is 0 Å². The number of rotatable bonds is 3. The van der Waals surface area contributed by atoms with E-state index >= 15 is 0 Å². The van der Waals surface area contributed by atoms with Gasteiger partial charge in [0.15, 0.2) is 0 Å². The molecule has 1 aromatic rings. The Balaban J connectivity index is 0.00000220. The quantitative estimate of drug-likeness (QED) is 0.819. The molecular formula is C13H19BrClFN2O2S. The number of nitrogens with one attached hydrogen (secondary N) is 2. The fourth-order valence-electron chi connectivity index (χ4n) is 2.44. The summed E-state index contributed by atoms with van der Waals surface area (Å²) in [6.45, 7) is 4.41. The second-order valence-electron chi connectivity index (χ2n) is 5.23. The van der Waals surface area contributed by atoms with Crippen LogP contribution >= 0.6 is 28.3 Å². The normalized spacial score (nSPS) is 22.7. The number of hydrogen-bond donors (Lipinski definition) is 2. The molecule has 2 atom stereocenters. The molecule has 1 fully saturated rings. The van der Waals surface area contributed by atoms with Crippen molar-refractivity contribution in [2.45, 2.75) is 43.7 Å². The lowest BCUT2D eigenvalue weighted by Gasteiger charge is -2.28. The molecule has 21 heavy (non-hydrogen) atoms. The molecule has 0 amide bonds. The zero-order valence-electron chi connectivity index (χ0n) is 11.8. The summed E-state index contributed by atoms with van der Waals surface area (Å²) in [5.74, 6) is -0.461. The number of sulfonamides is 1. The summed E-state index contributed by atoms with van der Waals surface area (Å²) in [7, 11) is -3.63. The van der Waals surface area contributed by atoms with Crippen LogP contribution in [0.4, 0.5) is 4.39 Å². The zero-order valence-corrected chi connectivity index (χ0v) is 15.0. The molecule has 1 aromatic carbocycles. The number of hydrogen-bond acceptors (Lipinski definition) is 3. The Bertz CT molecular complexity index is 612. The molecule has 1 aliphatic rings. The molecule has 0 saturated carbocycles. The average molecular weight is 402 g/mol. The van der Waals surface area contributed by atoms with Gasteiger partial charge in [0.1, 0.15) is 5.82 Å². The molecule has 0 bridgehead atoms. The topological polar surface area (TPSA) is 58.2 Å². The highest BCUT2D eigenvalue weighted by atomic mass is 79.9. The first-order chi connectivity index (χ1) is 9.29. The van der Waals surface area contributed by atoms with E-state index in [1.807, 2.05) is 6.92 Å². The summed E-state index contributed by atoms with van der Waals surface area (Å²) in [5.41, 5.74) is 0.403. The van der Waals surface area contributed by atoms with E-state index in [1.54, 1.807) is 6.92 Å². The zero-order chi connectivity index (χ0) is 14.9. The molecule has 2 N–H and O–H groups in total. The van der Waals surface area contributed by atoms with Crippen LogP contribution in [-0.4, -0.2) is 27.0 Å². The van der Waals surface area contributed by atoms with E-state index < -0.39 is 15.8 Å². The van der Waals surface area contributed by atoms with Gasteiger partial charge < -0.3 is 5.32 Å². The molecular weight excluding hydrogens is 383 g/mol. The monoisotopic (exact) mass is 400 g/mol. The van der Waals surface area contributed by atoms with Crippen LogP contribution in [-0.2, 0) is 10.0 Å². The molecule has 0 aliphatic carbocycles. The van der Waals surface area contributed by atoms with Crippen molar-refractivity contribution in [3.63, 3.8) is 0 Å². The van der Waals surface area contributed by atoms with Gasteiger partial charge in [-0.25, -0.2) is 17.5 Å². The molecule has 0 radical (unpaired) electrons. The number of piperidine rings is 1. The second-order valence-corrected chi connectivity index (χ2v) is 7.77. The first-order valence-corrected chi connectivity index (χ1v) is 8.78. The van der Waals surface area contributed by atoms with E-state index in [1.165, 1.54) is 12.1 Å². The maximum Gasteiger partial charge on any atom is 0.241 e. The van der Waals surface area contributed by atoms with Crippen molar-refractivity contribution in [1.29, 1.82) is 0 Å². The van der Waals surface area contributed by atoms with Crippen molar-refractivity contribution in [1.82, 2.24) is 10.0 Å². The smallest absolute Gasteiger partial charge is 0.241 e. The third-order valence-corrected chi connectivity index (χ3v) is 5.72. The van der Waals surface area contributed by atoms with Gasteiger partial charge in [-0.2, -0.15) is 0 Å². The van der Waals surface area contributed by atoms with E-state index in [-0.39, 0.29) is 33.9 Å². The van der Waals surface area contributed by atoms with Crippen LogP contribution in [0.15, 0.2) is 21.5 Å². The van der Waals surface area contributed by atoms with Gasteiger partial charge in [-0.1, -0.05) is 0 Å². The van der Waals surface area contributed by atoms with Gasteiger partial charge in [-0.3, -0.25) is 0 Å². The summed E-state index contributed by atoms with van der Waals surface area (Å²) in [6.07, 6.45) is 1.51. The summed E-state index contributed by atoms with van der Waals surface area (Å²) in [5, 5.41) is 3.27. The minimum Gasteiger partial charge on any atom is -0.314 e. The summed E-state index contributed by atoms with van der Waals surface area (Å²) >= 11 is 3.03. The number of halogens is 3. The Morgan fingerprint density at radius 3 is 2.71 bits per heavy atom. The molecule has 4 nitrogen and oxygen atoms in total. The SMILES string of the molecule is Cc1cc(F)c(Br)cc1S(=O)(=O)NC1CCNC(C)C1.Cl. The molecule has 8 heteroatoms. The van der Waals surface area contributed by atoms with Crippen LogP contribution in [0.1, 0.15) is 25.3 Å². The largest absolute Gasteiger partial charge is 0.314 e. The van der Waals surface area contributed by atoms with E-state index in [0.29, 0.717) is 5.56 Å². The third kappa shape index (κ3) is 4.63. The first kappa shape index (κ1) is 18.8. The Hall–Kier alpha value is -0.210. The minimum atomic E-state index is -3.63. The fraction of sp³-hybridized carbons (Fsp3) is 0.538. The second kappa shape index (κ2) is 7.37. The van der Waals surface area contributed by atoms with Gasteiger partial charge in [0.05, 0.1) is 9.37 Å². The van der Waals surface area contributed by atoms with E-state index in [0.717, 1.165) is 19.4 Å². The van der Waals surface area contributed by atoms with Crippen LogP contribution in [0.5, 0.6) is 0 Å². The maximum absolute atomic E-state index is 13.4. The molecule has 2 unspecified atom stereocenters. The summed E-state index contributed by atoms with van der Waals surface area (Å²) < 4.78 is 41.1. The van der Waals surface area contributed by atoms with Gasteiger partial charge >= 0.3 is 0 Å². The third-order valence-electron chi connectivity index (χ3n) is 3.45. The standard InChI is InChI=1S/C13H18BrFN2O2S.ClH/c1-8-5-12(15)11(14)7-13(8)20(18,19)17-10-3-4-16-9(2)6-10;/h5,7,9-10,16-17H,3-4,6H2,1-2H3;1H. The fourth-order valence-corrected chi connectivity index (χ4v) is 4.47. The molecule has 1 saturated heterocycles. The predicted octanol–water partition coefficient (Wildman–Crippen LogP) is 2.74. The lowest BCUT2D eigenvalue weighted by molar-refractivity contribution is 0.361. The lowest BCUT2D eigenvalue weighted by Crippen LogP contribution is -2.46.